The van der Waals surface area contributed by atoms with Gasteiger partial charge in [-0.15, -0.1) is 0 Å². The number of ether oxygens (including phenoxy) is 2. The van der Waals surface area contributed by atoms with Crippen molar-refractivity contribution in [1.82, 2.24) is 9.13 Å². The molecule has 4 rings (SSSR count). The molecule has 0 radical (unpaired) electrons. The third-order valence-electron chi connectivity index (χ3n) is 7.59. The smallest absolute Gasteiger partial charge is 0.243 e. The molecule has 0 unspecified atom stereocenters. The van der Waals surface area contributed by atoms with E-state index in [0.29, 0.717) is 0 Å². The highest BCUT2D eigenvalue weighted by atomic mass is 16.5. The van der Waals surface area contributed by atoms with Crippen LogP contribution in [0.3, 0.4) is 0 Å². The lowest BCUT2D eigenvalue weighted by Gasteiger charge is -2.11. The summed E-state index contributed by atoms with van der Waals surface area (Å²) < 4.78 is 20.9. The van der Waals surface area contributed by atoms with Crippen LogP contribution in [0.2, 0.25) is 0 Å². The summed E-state index contributed by atoms with van der Waals surface area (Å²) in [6, 6.07) is 13.5. The minimum Gasteiger partial charge on any atom is -0.377 e. The zero-order valence-electron chi connectivity index (χ0n) is 24.8. The lowest BCUT2D eigenvalue weighted by molar-refractivity contribution is -0.697. The summed E-state index contributed by atoms with van der Waals surface area (Å²) in [4.78, 5) is 0. The van der Waals surface area contributed by atoms with Crippen LogP contribution in [0.4, 0.5) is 0 Å². The SMILES string of the molecule is CCCC[n+]1ccn(CCOCCCc2cccc3c(CCCOCCn4cc[n+](CCCC)c4)cccc23)c1. The Labute approximate surface area is 241 Å². The van der Waals surface area contributed by atoms with E-state index in [9.17, 15) is 0 Å². The first-order valence-electron chi connectivity index (χ1n) is 15.5. The monoisotopic (exact) mass is 546 g/mol. The van der Waals surface area contributed by atoms with Crippen molar-refractivity contribution in [2.75, 3.05) is 26.4 Å². The predicted molar refractivity (Wildman–Crippen MR) is 161 cm³/mol. The van der Waals surface area contributed by atoms with Gasteiger partial charge in [-0.25, -0.2) is 18.3 Å². The molecule has 0 saturated carbocycles. The lowest BCUT2D eigenvalue weighted by Crippen LogP contribution is -2.30. The lowest BCUT2D eigenvalue weighted by atomic mass is 9.96. The van der Waals surface area contributed by atoms with Crippen LogP contribution in [0.15, 0.2) is 73.8 Å². The minimum absolute atomic E-state index is 0.759. The second kappa shape index (κ2) is 17.0. The van der Waals surface area contributed by atoms with Gasteiger partial charge in [-0.2, -0.15) is 0 Å². The molecule has 0 aliphatic heterocycles. The van der Waals surface area contributed by atoms with E-state index in [2.05, 4.69) is 106 Å². The van der Waals surface area contributed by atoms with Gasteiger partial charge >= 0.3 is 0 Å². The summed E-state index contributed by atoms with van der Waals surface area (Å²) >= 11 is 0. The molecule has 0 bridgehead atoms. The van der Waals surface area contributed by atoms with Gasteiger partial charge in [0.15, 0.2) is 0 Å². The summed E-state index contributed by atoms with van der Waals surface area (Å²) in [5, 5.41) is 2.77. The summed E-state index contributed by atoms with van der Waals surface area (Å²) in [5.74, 6) is 0. The molecule has 216 valence electrons. The minimum atomic E-state index is 0.759. The average molecular weight is 547 g/mol. The average Bonchev–Trinajstić information content (AvgIpc) is 3.64. The molecule has 2 aromatic carbocycles. The van der Waals surface area contributed by atoms with Crippen molar-refractivity contribution in [2.45, 2.75) is 91.4 Å². The number of benzene rings is 2. The zero-order chi connectivity index (χ0) is 27.8. The van der Waals surface area contributed by atoms with Gasteiger partial charge < -0.3 is 9.47 Å². The molecular formula is C34H50N4O2+2. The van der Waals surface area contributed by atoms with Crippen molar-refractivity contribution in [1.29, 1.82) is 0 Å². The van der Waals surface area contributed by atoms with E-state index in [-0.39, 0.29) is 0 Å². The summed E-state index contributed by atoms with van der Waals surface area (Å²) in [6.45, 7) is 11.6. The number of hydrogen-bond acceptors (Lipinski definition) is 2. The van der Waals surface area contributed by atoms with Crippen molar-refractivity contribution < 1.29 is 18.6 Å². The van der Waals surface area contributed by atoms with Crippen LogP contribution in [0.5, 0.6) is 0 Å². The number of nitrogens with zero attached hydrogens (tertiary/aromatic N) is 4. The third kappa shape index (κ3) is 9.60. The standard InChI is InChI=1S/C34H50N4O2/c1-3-5-17-35-19-21-37(29-35)23-27-39-25-9-13-31-11-7-16-34-32(12-8-15-33(31)34)14-10-26-40-28-24-38-22-20-36(30-38)18-6-4-2/h7-8,11-12,15-16,19-22,29-30H,3-6,9-10,13-14,17-18,23-28H2,1-2H3/q+2. The van der Waals surface area contributed by atoms with Crippen LogP contribution in [0.25, 0.3) is 10.8 Å². The first kappa shape index (κ1) is 30.0. The number of fused-ring (bicyclic) bond motifs is 1. The van der Waals surface area contributed by atoms with Gasteiger partial charge in [0.2, 0.25) is 12.7 Å². The van der Waals surface area contributed by atoms with Gasteiger partial charge in [0, 0.05) is 13.2 Å². The van der Waals surface area contributed by atoms with Crippen molar-refractivity contribution >= 4 is 10.8 Å². The molecule has 0 spiro atoms. The van der Waals surface area contributed by atoms with Crippen molar-refractivity contribution in [2.24, 2.45) is 0 Å². The van der Waals surface area contributed by atoms with Gasteiger partial charge in [-0.3, -0.25) is 0 Å². The Balaban J connectivity index is 1.14. The van der Waals surface area contributed by atoms with E-state index in [1.54, 1.807) is 0 Å². The first-order valence-corrected chi connectivity index (χ1v) is 15.5. The number of aromatic nitrogens is 4. The Morgan fingerprint density at radius 3 is 1.52 bits per heavy atom. The zero-order valence-corrected chi connectivity index (χ0v) is 24.8. The Bertz CT molecular complexity index is 1160. The van der Waals surface area contributed by atoms with Crippen LogP contribution in [-0.4, -0.2) is 35.6 Å². The third-order valence-corrected chi connectivity index (χ3v) is 7.59. The molecule has 2 aromatic heterocycles. The maximum Gasteiger partial charge on any atom is 0.243 e. The fraction of sp³-hybridized carbons (Fsp3) is 0.529. The molecule has 0 fully saturated rings. The maximum absolute atomic E-state index is 5.97. The first-order chi connectivity index (χ1) is 19.8. The summed E-state index contributed by atoms with van der Waals surface area (Å²) in [5.41, 5.74) is 2.84. The molecule has 6 nitrogen and oxygen atoms in total. The molecule has 0 N–H and O–H groups in total. The summed E-state index contributed by atoms with van der Waals surface area (Å²) in [6.07, 6.45) is 22.1. The van der Waals surface area contributed by atoms with Crippen LogP contribution >= 0.6 is 0 Å². The van der Waals surface area contributed by atoms with E-state index >= 15 is 0 Å². The number of imidazole rings is 2. The molecule has 0 amide bonds. The molecule has 0 aliphatic carbocycles. The Hall–Kier alpha value is -2.96. The van der Waals surface area contributed by atoms with Gasteiger partial charge in [0.25, 0.3) is 0 Å². The summed E-state index contributed by atoms with van der Waals surface area (Å²) in [7, 11) is 0. The topological polar surface area (TPSA) is 36.1 Å². The highest BCUT2D eigenvalue weighted by Gasteiger charge is 2.07. The van der Waals surface area contributed by atoms with Crippen molar-refractivity contribution in [3.05, 3.63) is 85.0 Å². The van der Waals surface area contributed by atoms with Gasteiger partial charge in [-0.05, 0) is 60.4 Å². The van der Waals surface area contributed by atoms with Gasteiger partial charge in [-0.1, -0.05) is 63.1 Å². The number of unbranched alkanes of at least 4 members (excludes halogenated alkanes) is 2. The van der Waals surface area contributed by atoms with Crippen molar-refractivity contribution in [3.8, 4) is 0 Å². The van der Waals surface area contributed by atoms with Gasteiger partial charge in [0.1, 0.15) is 37.9 Å². The Kier molecular flexibility index (Phi) is 12.7. The van der Waals surface area contributed by atoms with E-state index in [0.717, 1.165) is 78.3 Å². The molecule has 6 heteroatoms. The normalized spacial score (nSPS) is 11.6. The second-order valence-electron chi connectivity index (χ2n) is 10.8. The maximum atomic E-state index is 5.97. The molecule has 0 saturated heterocycles. The molecule has 4 aromatic rings. The molecule has 40 heavy (non-hydrogen) atoms. The Morgan fingerprint density at radius 2 is 1.07 bits per heavy atom. The molecule has 2 heterocycles. The van der Waals surface area contributed by atoms with Crippen LogP contribution in [-0.2, 0) is 48.5 Å². The van der Waals surface area contributed by atoms with E-state index in [1.165, 1.54) is 47.6 Å². The van der Waals surface area contributed by atoms with Crippen molar-refractivity contribution in [3.63, 3.8) is 0 Å². The molecule has 0 atom stereocenters. The second-order valence-corrected chi connectivity index (χ2v) is 10.8. The highest BCUT2D eigenvalue weighted by Crippen LogP contribution is 2.24. The van der Waals surface area contributed by atoms with Crippen LogP contribution < -0.4 is 9.13 Å². The Morgan fingerprint density at radius 1 is 0.600 bits per heavy atom. The highest BCUT2D eigenvalue weighted by molar-refractivity contribution is 5.88. The fourth-order valence-electron chi connectivity index (χ4n) is 5.24. The van der Waals surface area contributed by atoms with Crippen LogP contribution in [0, 0.1) is 0 Å². The molecular weight excluding hydrogens is 496 g/mol. The number of rotatable bonds is 20. The fourth-order valence-corrected chi connectivity index (χ4v) is 5.24. The quantitative estimate of drug-likeness (QED) is 0.102. The number of hydrogen-bond donors (Lipinski definition) is 0. The molecule has 0 aliphatic rings. The van der Waals surface area contributed by atoms with Gasteiger partial charge in [0.05, 0.1) is 26.3 Å². The predicted octanol–water partition coefficient (Wildman–Crippen LogP) is 5.92. The largest absolute Gasteiger partial charge is 0.377 e. The van der Waals surface area contributed by atoms with E-state index in [4.69, 9.17) is 9.47 Å². The number of aryl methyl sites for hydroxylation is 4. The van der Waals surface area contributed by atoms with Crippen LogP contribution in [0.1, 0.15) is 63.5 Å². The van der Waals surface area contributed by atoms with E-state index < -0.39 is 0 Å². The van der Waals surface area contributed by atoms with E-state index in [1.807, 2.05) is 0 Å².